The molecule has 19 heavy (non-hydrogen) atoms. The largest absolute Gasteiger partial charge is 0.490 e. The molecule has 1 unspecified atom stereocenters. The lowest BCUT2D eigenvalue weighted by molar-refractivity contribution is 0.260. The maximum atomic E-state index is 13.1. The van der Waals surface area contributed by atoms with Crippen LogP contribution in [0.3, 0.4) is 0 Å². The molecule has 1 aliphatic heterocycles. The molecule has 0 radical (unpaired) electrons. The average molecular weight is 261 g/mol. The molecule has 0 amide bonds. The van der Waals surface area contributed by atoms with E-state index in [1.54, 1.807) is 29.2 Å². The van der Waals surface area contributed by atoms with Crippen LogP contribution in [0.25, 0.3) is 5.69 Å². The van der Waals surface area contributed by atoms with E-state index in [0.717, 1.165) is 25.3 Å². The van der Waals surface area contributed by atoms with Gasteiger partial charge in [0.15, 0.2) is 5.75 Å². The van der Waals surface area contributed by atoms with Gasteiger partial charge in [-0.25, -0.2) is 9.07 Å². The summed E-state index contributed by atoms with van der Waals surface area (Å²) in [6.45, 7) is 2.77. The van der Waals surface area contributed by atoms with Crippen molar-refractivity contribution >= 4 is 0 Å². The van der Waals surface area contributed by atoms with Crippen molar-refractivity contribution in [3.05, 3.63) is 42.5 Å². The second-order valence-corrected chi connectivity index (χ2v) is 4.77. The van der Waals surface area contributed by atoms with E-state index < -0.39 is 0 Å². The number of ether oxygens (including phenoxy) is 1. The molecule has 0 bridgehead atoms. The van der Waals surface area contributed by atoms with Crippen molar-refractivity contribution < 1.29 is 9.13 Å². The van der Waals surface area contributed by atoms with Crippen LogP contribution in [0, 0.1) is 11.7 Å². The van der Waals surface area contributed by atoms with Crippen molar-refractivity contribution in [1.29, 1.82) is 0 Å². The Kier molecular flexibility index (Phi) is 3.46. The molecule has 0 aliphatic carbocycles. The Labute approximate surface area is 111 Å². The van der Waals surface area contributed by atoms with E-state index in [-0.39, 0.29) is 5.82 Å². The van der Waals surface area contributed by atoms with E-state index in [0.29, 0.717) is 18.2 Å². The maximum Gasteiger partial charge on any atom is 0.157 e. The molecule has 5 heteroatoms. The van der Waals surface area contributed by atoms with Crippen molar-refractivity contribution in [2.24, 2.45) is 5.92 Å². The van der Waals surface area contributed by atoms with E-state index in [4.69, 9.17) is 4.74 Å². The van der Waals surface area contributed by atoms with Crippen LogP contribution in [0.2, 0.25) is 0 Å². The highest BCUT2D eigenvalue weighted by atomic mass is 19.1. The Balaban J connectivity index is 1.65. The van der Waals surface area contributed by atoms with Gasteiger partial charge in [-0.2, -0.15) is 5.10 Å². The lowest BCUT2D eigenvalue weighted by atomic mass is 10.1. The maximum absolute atomic E-state index is 13.1. The van der Waals surface area contributed by atoms with E-state index >= 15 is 0 Å². The van der Waals surface area contributed by atoms with Crippen LogP contribution in [0.5, 0.6) is 5.75 Å². The second kappa shape index (κ2) is 5.40. The van der Waals surface area contributed by atoms with Crippen molar-refractivity contribution in [1.82, 2.24) is 15.1 Å². The SMILES string of the molecule is Fc1cccc(-n2cc(OCC3CCNC3)cn2)c1. The third kappa shape index (κ3) is 2.93. The molecule has 2 aromatic rings. The molecule has 1 saturated heterocycles. The van der Waals surface area contributed by atoms with Gasteiger partial charge >= 0.3 is 0 Å². The molecule has 0 spiro atoms. The van der Waals surface area contributed by atoms with Gasteiger partial charge in [0.25, 0.3) is 0 Å². The highest BCUT2D eigenvalue weighted by molar-refractivity contribution is 5.32. The molecule has 1 aromatic carbocycles. The molecule has 1 atom stereocenters. The van der Waals surface area contributed by atoms with Gasteiger partial charge in [0, 0.05) is 12.5 Å². The first-order valence-electron chi connectivity index (χ1n) is 6.45. The predicted octanol–water partition coefficient (Wildman–Crippen LogP) is 2.00. The minimum atomic E-state index is -0.271. The second-order valence-electron chi connectivity index (χ2n) is 4.77. The normalized spacial score (nSPS) is 18.7. The number of rotatable bonds is 4. The molecular formula is C14H16FN3O. The van der Waals surface area contributed by atoms with E-state index in [9.17, 15) is 4.39 Å². The van der Waals surface area contributed by atoms with E-state index in [2.05, 4.69) is 10.4 Å². The number of benzene rings is 1. The molecular weight excluding hydrogens is 245 g/mol. The molecule has 100 valence electrons. The van der Waals surface area contributed by atoms with Gasteiger partial charge in [-0.15, -0.1) is 0 Å². The topological polar surface area (TPSA) is 39.1 Å². The number of hydrogen-bond acceptors (Lipinski definition) is 3. The molecule has 1 fully saturated rings. The third-order valence-electron chi connectivity index (χ3n) is 3.28. The van der Waals surface area contributed by atoms with Crippen LogP contribution in [0.1, 0.15) is 6.42 Å². The van der Waals surface area contributed by atoms with Crippen molar-refractivity contribution in [3.63, 3.8) is 0 Å². The van der Waals surface area contributed by atoms with Crippen LogP contribution in [0.4, 0.5) is 4.39 Å². The minimum Gasteiger partial charge on any atom is -0.490 e. The Morgan fingerprint density at radius 2 is 2.42 bits per heavy atom. The zero-order valence-corrected chi connectivity index (χ0v) is 10.6. The highest BCUT2D eigenvalue weighted by Crippen LogP contribution is 2.16. The lowest BCUT2D eigenvalue weighted by Crippen LogP contribution is -2.15. The number of aromatic nitrogens is 2. The molecule has 1 aromatic heterocycles. The summed E-state index contributed by atoms with van der Waals surface area (Å²) < 4.78 is 20.5. The standard InChI is InChI=1S/C14H16FN3O/c15-12-2-1-3-13(6-12)18-9-14(8-17-18)19-10-11-4-5-16-7-11/h1-3,6,8-9,11,16H,4-5,7,10H2. The zero-order valence-electron chi connectivity index (χ0n) is 10.6. The van der Waals surface area contributed by atoms with Gasteiger partial charge in [0.1, 0.15) is 5.82 Å². The number of nitrogens with zero attached hydrogens (tertiary/aromatic N) is 2. The Morgan fingerprint density at radius 3 is 3.21 bits per heavy atom. The summed E-state index contributed by atoms with van der Waals surface area (Å²) in [5.41, 5.74) is 0.692. The Bertz CT molecular complexity index is 549. The molecule has 1 aliphatic rings. The lowest BCUT2D eigenvalue weighted by Gasteiger charge is -2.08. The van der Waals surface area contributed by atoms with Gasteiger partial charge in [0.2, 0.25) is 0 Å². The summed E-state index contributed by atoms with van der Waals surface area (Å²) in [6, 6.07) is 6.33. The number of hydrogen-bond donors (Lipinski definition) is 1. The first-order valence-corrected chi connectivity index (χ1v) is 6.45. The Morgan fingerprint density at radius 1 is 1.47 bits per heavy atom. The number of halogens is 1. The molecule has 1 N–H and O–H groups in total. The van der Waals surface area contributed by atoms with Crippen molar-refractivity contribution in [2.45, 2.75) is 6.42 Å². The molecule has 4 nitrogen and oxygen atoms in total. The first kappa shape index (κ1) is 12.2. The third-order valence-corrected chi connectivity index (χ3v) is 3.28. The summed E-state index contributed by atoms with van der Waals surface area (Å²) in [4.78, 5) is 0. The molecule has 2 heterocycles. The van der Waals surface area contributed by atoms with Gasteiger partial charge in [-0.1, -0.05) is 6.07 Å². The molecule has 3 rings (SSSR count). The summed E-state index contributed by atoms with van der Waals surface area (Å²) in [7, 11) is 0. The van der Waals surface area contributed by atoms with Crippen LogP contribution in [-0.2, 0) is 0 Å². The zero-order chi connectivity index (χ0) is 13.1. The van der Waals surface area contributed by atoms with Gasteiger partial charge < -0.3 is 10.1 Å². The van der Waals surface area contributed by atoms with Crippen molar-refractivity contribution in [3.8, 4) is 11.4 Å². The van der Waals surface area contributed by atoms with Crippen LogP contribution in [-0.4, -0.2) is 29.5 Å². The average Bonchev–Trinajstić information content (AvgIpc) is 3.08. The summed E-state index contributed by atoms with van der Waals surface area (Å²) >= 11 is 0. The molecule has 0 saturated carbocycles. The van der Waals surface area contributed by atoms with Gasteiger partial charge in [-0.05, 0) is 31.2 Å². The fraction of sp³-hybridized carbons (Fsp3) is 0.357. The summed E-state index contributed by atoms with van der Waals surface area (Å²) in [5.74, 6) is 1.01. The van der Waals surface area contributed by atoms with Crippen molar-refractivity contribution in [2.75, 3.05) is 19.7 Å². The predicted molar refractivity (Wildman–Crippen MR) is 70.0 cm³/mol. The van der Waals surface area contributed by atoms with Crippen LogP contribution >= 0.6 is 0 Å². The minimum absolute atomic E-state index is 0.271. The smallest absolute Gasteiger partial charge is 0.157 e. The van der Waals surface area contributed by atoms with Crippen LogP contribution < -0.4 is 10.1 Å². The Hall–Kier alpha value is -1.88. The highest BCUT2D eigenvalue weighted by Gasteiger charge is 2.15. The fourth-order valence-electron chi connectivity index (χ4n) is 2.21. The van der Waals surface area contributed by atoms with Crippen LogP contribution in [0.15, 0.2) is 36.7 Å². The fourth-order valence-corrected chi connectivity index (χ4v) is 2.21. The van der Waals surface area contributed by atoms with Gasteiger partial charge in [-0.3, -0.25) is 0 Å². The summed E-state index contributed by atoms with van der Waals surface area (Å²) in [5, 5.41) is 7.49. The van der Waals surface area contributed by atoms with E-state index in [1.807, 2.05) is 0 Å². The quantitative estimate of drug-likeness (QED) is 0.915. The number of nitrogens with one attached hydrogen (secondary N) is 1. The monoisotopic (exact) mass is 261 g/mol. The van der Waals surface area contributed by atoms with E-state index in [1.165, 1.54) is 12.1 Å². The van der Waals surface area contributed by atoms with Gasteiger partial charge in [0.05, 0.1) is 24.7 Å². The first-order chi connectivity index (χ1) is 9.31. The summed E-state index contributed by atoms with van der Waals surface area (Å²) in [6.07, 6.45) is 4.59.